The molecule has 0 N–H and O–H groups in total. The first-order valence-corrected chi connectivity index (χ1v) is 8.44. The molecule has 2 heterocycles. The van der Waals surface area contributed by atoms with E-state index in [4.69, 9.17) is 4.74 Å². The summed E-state index contributed by atoms with van der Waals surface area (Å²) in [6, 6.07) is 22.8. The van der Waals surface area contributed by atoms with Gasteiger partial charge in [-0.15, -0.1) is 0 Å². The van der Waals surface area contributed by atoms with E-state index in [1.807, 2.05) is 18.2 Å². The number of nitrogens with zero attached hydrogens (tertiary/aromatic N) is 1. The lowest BCUT2D eigenvalue weighted by Gasteiger charge is -2.33. The van der Waals surface area contributed by atoms with E-state index in [1.54, 1.807) is 24.3 Å². The highest BCUT2D eigenvalue weighted by atomic mass is 19.1. The Balaban J connectivity index is 1.85. The summed E-state index contributed by atoms with van der Waals surface area (Å²) in [7, 11) is 0. The zero-order valence-electron chi connectivity index (χ0n) is 13.8. The molecule has 0 saturated carbocycles. The summed E-state index contributed by atoms with van der Waals surface area (Å²) in [5.74, 6) is -0.614. The highest BCUT2D eigenvalue weighted by Crippen LogP contribution is 2.44. The molecule has 0 aliphatic carbocycles. The molecule has 4 heteroatoms. The van der Waals surface area contributed by atoms with Crippen molar-refractivity contribution in [2.75, 3.05) is 0 Å². The Morgan fingerprint density at radius 3 is 1.96 bits per heavy atom. The Kier molecular flexibility index (Phi) is 3.24. The molecule has 0 bridgehead atoms. The molecular formula is C22H15F2NO. The summed E-state index contributed by atoms with van der Waals surface area (Å²) in [4.78, 5) is 0. The first-order chi connectivity index (χ1) is 12.7. The molecule has 1 aliphatic heterocycles. The van der Waals surface area contributed by atoms with Crippen LogP contribution >= 0.6 is 0 Å². The fourth-order valence-electron chi connectivity index (χ4n) is 3.88. The van der Waals surface area contributed by atoms with E-state index in [0.717, 1.165) is 27.7 Å². The highest BCUT2D eigenvalue weighted by Gasteiger charge is 2.44. The molecular weight excluding hydrogens is 332 g/mol. The Morgan fingerprint density at radius 1 is 0.769 bits per heavy atom. The molecule has 2 nitrogen and oxygen atoms in total. The van der Waals surface area contributed by atoms with Crippen LogP contribution in [0.25, 0.3) is 10.9 Å². The van der Waals surface area contributed by atoms with Crippen LogP contribution in [0.2, 0.25) is 0 Å². The normalized spacial score (nSPS) is 15.3. The van der Waals surface area contributed by atoms with Gasteiger partial charge in [0.1, 0.15) is 11.6 Å². The van der Waals surface area contributed by atoms with Crippen LogP contribution in [-0.2, 0) is 17.1 Å². The fourth-order valence-corrected chi connectivity index (χ4v) is 3.88. The van der Waals surface area contributed by atoms with Crippen LogP contribution in [0.5, 0.6) is 0 Å². The second-order valence-corrected chi connectivity index (χ2v) is 6.48. The summed E-state index contributed by atoms with van der Waals surface area (Å²) in [5, 5.41) is 1.11. The molecule has 26 heavy (non-hydrogen) atoms. The molecule has 0 unspecified atom stereocenters. The largest absolute Gasteiger partial charge is 0.341 e. The summed E-state index contributed by atoms with van der Waals surface area (Å²) in [5.41, 5.74) is 2.68. The van der Waals surface area contributed by atoms with Gasteiger partial charge in [-0.3, -0.25) is 0 Å². The van der Waals surface area contributed by atoms with Crippen molar-refractivity contribution >= 4 is 10.9 Å². The Hall–Kier alpha value is -2.98. The van der Waals surface area contributed by atoms with Crippen LogP contribution in [-0.4, -0.2) is 4.57 Å². The molecule has 0 fully saturated rings. The van der Waals surface area contributed by atoms with Gasteiger partial charge in [0.2, 0.25) is 0 Å². The minimum absolute atomic E-state index is 0.307. The molecule has 0 atom stereocenters. The van der Waals surface area contributed by atoms with E-state index in [2.05, 4.69) is 16.7 Å². The van der Waals surface area contributed by atoms with Crippen molar-refractivity contribution in [1.29, 1.82) is 0 Å². The lowest BCUT2D eigenvalue weighted by Crippen LogP contribution is -2.34. The van der Waals surface area contributed by atoms with Crippen LogP contribution in [0, 0.1) is 11.6 Å². The second kappa shape index (κ2) is 5.51. The molecule has 1 aromatic heterocycles. The average Bonchev–Trinajstić information content (AvgIpc) is 3.21. The summed E-state index contributed by atoms with van der Waals surface area (Å²) >= 11 is 0. The minimum atomic E-state index is -0.958. The van der Waals surface area contributed by atoms with Gasteiger partial charge in [-0.25, -0.2) is 8.78 Å². The third kappa shape index (κ3) is 2.06. The van der Waals surface area contributed by atoms with Gasteiger partial charge >= 0.3 is 0 Å². The second-order valence-electron chi connectivity index (χ2n) is 6.48. The van der Waals surface area contributed by atoms with Crippen LogP contribution in [0.15, 0.2) is 78.9 Å². The number of ether oxygens (including phenoxy) is 1. The number of para-hydroxylation sites is 1. The molecule has 5 rings (SSSR count). The zero-order chi connectivity index (χ0) is 17.7. The molecule has 128 valence electrons. The van der Waals surface area contributed by atoms with Gasteiger partial charge < -0.3 is 9.30 Å². The average molecular weight is 347 g/mol. The zero-order valence-corrected chi connectivity index (χ0v) is 13.8. The Labute approximate surface area is 149 Å². The number of halogens is 2. The fraction of sp³-hybridized carbons (Fsp3) is 0.0909. The molecule has 3 aromatic carbocycles. The number of rotatable bonds is 2. The quantitative estimate of drug-likeness (QED) is 0.486. The lowest BCUT2D eigenvalue weighted by molar-refractivity contribution is -0.00990. The molecule has 0 saturated heterocycles. The van der Waals surface area contributed by atoms with Crippen molar-refractivity contribution in [2.24, 2.45) is 0 Å². The van der Waals surface area contributed by atoms with Gasteiger partial charge in [-0.1, -0.05) is 42.5 Å². The maximum Gasteiger partial charge on any atom is 0.198 e. The van der Waals surface area contributed by atoms with Crippen LogP contribution < -0.4 is 0 Å². The van der Waals surface area contributed by atoms with Gasteiger partial charge in [-0.05, 0) is 36.4 Å². The summed E-state index contributed by atoms with van der Waals surface area (Å²) in [6.45, 7) is 0.420. The Morgan fingerprint density at radius 2 is 1.35 bits per heavy atom. The topological polar surface area (TPSA) is 14.2 Å². The third-order valence-corrected chi connectivity index (χ3v) is 5.00. The van der Waals surface area contributed by atoms with Crippen molar-refractivity contribution in [3.05, 3.63) is 107 Å². The molecule has 4 aromatic rings. The number of fused-ring (bicyclic) bond motifs is 3. The van der Waals surface area contributed by atoms with E-state index in [9.17, 15) is 8.78 Å². The monoisotopic (exact) mass is 347 g/mol. The first-order valence-electron chi connectivity index (χ1n) is 8.44. The number of hydrogen-bond donors (Lipinski definition) is 0. The van der Waals surface area contributed by atoms with Crippen molar-refractivity contribution < 1.29 is 13.5 Å². The van der Waals surface area contributed by atoms with Gasteiger partial charge in [0.15, 0.2) is 5.72 Å². The van der Waals surface area contributed by atoms with E-state index >= 15 is 0 Å². The van der Waals surface area contributed by atoms with Gasteiger partial charge in [-0.2, -0.15) is 0 Å². The number of benzene rings is 3. The van der Waals surface area contributed by atoms with Crippen molar-refractivity contribution in [3.63, 3.8) is 0 Å². The standard InChI is InChI=1S/C22H15F2NO/c23-18-9-5-16(6-10-18)22(17-7-11-19(24)12-8-17)25-20(14-26-22)13-15-3-1-2-4-21(15)25/h1-13H,14H2. The SMILES string of the molecule is Fc1ccc(C2(c3ccc(F)cc3)OCc3cc4ccccc4n32)cc1. The van der Waals surface area contributed by atoms with Crippen molar-refractivity contribution in [2.45, 2.75) is 12.3 Å². The van der Waals surface area contributed by atoms with Crippen molar-refractivity contribution in [1.82, 2.24) is 4.57 Å². The maximum atomic E-state index is 13.5. The van der Waals surface area contributed by atoms with Crippen molar-refractivity contribution in [3.8, 4) is 0 Å². The lowest BCUT2D eigenvalue weighted by atomic mass is 9.93. The molecule has 0 radical (unpaired) electrons. The van der Waals surface area contributed by atoms with Gasteiger partial charge in [0.25, 0.3) is 0 Å². The minimum Gasteiger partial charge on any atom is -0.341 e. The number of aromatic nitrogens is 1. The van der Waals surface area contributed by atoms with Gasteiger partial charge in [0, 0.05) is 22.2 Å². The van der Waals surface area contributed by atoms with E-state index in [0.29, 0.717) is 6.61 Å². The predicted molar refractivity (Wildman–Crippen MR) is 95.7 cm³/mol. The maximum absolute atomic E-state index is 13.5. The van der Waals surface area contributed by atoms with Gasteiger partial charge in [0.05, 0.1) is 12.1 Å². The summed E-state index contributed by atoms with van der Waals surface area (Å²) < 4.78 is 35.5. The number of hydrogen-bond acceptors (Lipinski definition) is 1. The van der Waals surface area contributed by atoms with Crippen LogP contribution in [0.3, 0.4) is 0 Å². The van der Waals surface area contributed by atoms with E-state index in [1.165, 1.54) is 24.3 Å². The Bertz CT molecular complexity index is 1050. The smallest absolute Gasteiger partial charge is 0.198 e. The first kappa shape index (κ1) is 15.3. The van der Waals surface area contributed by atoms with E-state index in [-0.39, 0.29) is 11.6 Å². The molecule has 0 spiro atoms. The highest BCUT2D eigenvalue weighted by molar-refractivity contribution is 5.82. The molecule has 0 amide bonds. The van der Waals surface area contributed by atoms with Crippen LogP contribution in [0.1, 0.15) is 16.8 Å². The predicted octanol–water partition coefficient (Wildman–Crippen LogP) is 5.20. The summed E-state index contributed by atoms with van der Waals surface area (Å²) in [6.07, 6.45) is 0. The van der Waals surface area contributed by atoms with E-state index < -0.39 is 5.72 Å². The third-order valence-electron chi connectivity index (χ3n) is 5.00. The molecule has 1 aliphatic rings. The van der Waals surface area contributed by atoms with Crippen LogP contribution in [0.4, 0.5) is 8.78 Å².